The van der Waals surface area contributed by atoms with E-state index in [1.165, 1.54) is 0 Å². The Hall–Kier alpha value is -2.13. The number of rotatable bonds is 8. The molecular formula is C20H33N5O3S. The van der Waals surface area contributed by atoms with Gasteiger partial charge in [0.05, 0.1) is 11.4 Å². The molecule has 3 N–H and O–H groups in total. The first-order valence-corrected chi connectivity index (χ1v) is 11.6. The lowest BCUT2D eigenvalue weighted by Crippen LogP contribution is -2.46. The minimum absolute atomic E-state index is 0.0879. The number of aliphatic imine (C=N–C) groups is 1. The molecule has 0 saturated carbocycles. The van der Waals surface area contributed by atoms with Crippen molar-refractivity contribution in [1.82, 2.24) is 20.3 Å². The van der Waals surface area contributed by atoms with Crippen molar-refractivity contribution < 1.29 is 13.2 Å². The number of likely N-dealkylation sites (tertiary alicyclic amines) is 1. The third-order valence-corrected chi connectivity index (χ3v) is 6.48. The molecule has 1 aliphatic rings. The topological polar surface area (TPSA) is 103 Å². The largest absolute Gasteiger partial charge is 0.359 e. The summed E-state index contributed by atoms with van der Waals surface area (Å²) < 4.78 is 27.3. The quantitative estimate of drug-likeness (QED) is 0.330. The molecule has 8 nitrogen and oxygen atoms in total. The van der Waals surface area contributed by atoms with Crippen molar-refractivity contribution >= 4 is 21.9 Å². The van der Waals surface area contributed by atoms with E-state index in [2.05, 4.69) is 25.2 Å². The number of hydrogen-bond donors (Lipinski definition) is 3. The average Bonchev–Trinajstić information content (AvgIpc) is 2.71. The third-order valence-electron chi connectivity index (χ3n) is 5.00. The second kappa shape index (κ2) is 11.2. The highest BCUT2D eigenvalue weighted by atomic mass is 32.2. The number of amides is 1. The van der Waals surface area contributed by atoms with Gasteiger partial charge in [-0.1, -0.05) is 17.7 Å². The van der Waals surface area contributed by atoms with Crippen molar-refractivity contribution in [2.45, 2.75) is 38.0 Å². The van der Waals surface area contributed by atoms with E-state index in [-0.39, 0.29) is 17.3 Å². The number of aryl methyl sites for hydroxylation is 1. The number of benzene rings is 1. The van der Waals surface area contributed by atoms with E-state index >= 15 is 0 Å². The van der Waals surface area contributed by atoms with Crippen molar-refractivity contribution in [3.05, 3.63) is 29.8 Å². The highest BCUT2D eigenvalue weighted by molar-refractivity contribution is 7.89. The lowest BCUT2D eigenvalue weighted by molar-refractivity contribution is -0.121. The van der Waals surface area contributed by atoms with Crippen LogP contribution in [0.1, 0.15) is 31.7 Å². The van der Waals surface area contributed by atoms with Crippen molar-refractivity contribution in [3.63, 3.8) is 0 Å². The predicted octanol–water partition coefficient (Wildman–Crippen LogP) is 1.09. The van der Waals surface area contributed by atoms with Gasteiger partial charge in [0.25, 0.3) is 0 Å². The van der Waals surface area contributed by atoms with Crippen LogP contribution in [0.25, 0.3) is 0 Å². The summed E-state index contributed by atoms with van der Waals surface area (Å²) in [6.07, 6.45) is 2.45. The van der Waals surface area contributed by atoms with Gasteiger partial charge in [0.1, 0.15) is 0 Å². The van der Waals surface area contributed by atoms with Gasteiger partial charge in [-0.2, -0.15) is 0 Å². The molecule has 0 aliphatic carbocycles. The third kappa shape index (κ3) is 7.32. The highest BCUT2D eigenvalue weighted by Gasteiger charge is 2.23. The molecule has 1 amide bonds. The number of guanidine groups is 1. The Morgan fingerprint density at radius 2 is 1.86 bits per heavy atom. The summed E-state index contributed by atoms with van der Waals surface area (Å²) in [5, 5.41) is 5.96. The monoisotopic (exact) mass is 423 g/mol. The Balaban J connectivity index is 1.86. The number of carbonyl (C=O) groups is 1. The molecule has 1 aliphatic heterocycles. The van der Waals surface area contributed by atoms with Crippen molar-refractivity contribution in [2.75, 3.05) is 39.8 Å². The first-order chi connectivity index (χ1) is 13.9. The number of nitrogens with one attached hydrogen (secondary N) is 3. The van der Waals surface area contributed by atoms with Gasteiger partial charge in [0.15, 0.2) is 5.96 Å². The van der Waals surface area contributed by atoms with Crippen LogP contribution in [0.4, 0.5) is 0 Å². The van der Waals surface area contributed by atoms with Crippen LogP contribution in [0.15, 0.2) is 34.2 Å². The zero-order valence-corrected chi connectivity index (χ0v) is 18.4. The zero-order valence-electron chi connectivity index (χ0n) is 17.6. The standard InChI is InChI=1S/C20H33N5O3S/c1-4-22-20(25-13-9-17(10-14-25)15-19(26)21-3)23-11-12-24-29(27,28)18-7-5-16(2)6-8-18/h5-8,17,24H,4,9-15H2,1-3H3,(H,21,26)(H,22,23). The summed E-state index contributed by atoms with van der Waals surface area (Å²) in [5.74, 6) is 1.28. The van der Waals surface area contributed by atoms with Gasteiger partial charge in [0, 0.05) is 39.6 Å². The molecule has 162 valence electrons. The Labute approximate surface area is 174 Å². The van der Waals surface area contributed by atoms with E-state index in [1.807, 2.05) is 13.8 Å². The SMILES string of the molecule is CCNC(=NCCNS(=O)(=O)c1ccc(C)cc1)N1CCC(CC(=O)NC)CC1. The van der Waals surface area contributed by atoms with Gasteiger partial charge in [-0.3, -0.25) is 9.79 Å². The van der Waals surface area contributed by atoms with Crippen LogP contribution in [0.5, 0.6) is 0 Å². The van der Waals surface area contributed by atoms with Gasteiger partial charge in [-0.05, 0) is 44.7 Å². The Bertz CT molecular complexity index is 785. The first-order valence-electron chi connectivity index (χ1n) is 10.2. The van der Waals surface area contributed by atoms with Crippen LogP contribution in [-0.2, 0) is 14.8 Å². The van der Waals surface area contributed by atoms with E-state index in [0.29, 0.717) is 18.9 Å². The number of nitrogens with zero attached hydrogens (tertiary/aromatic N) is 2. The second-order valence-corrected chi connectivity index (χ2v) is 9.02. The van der Waals surface area contributed by atoms with Gasteiger partial charge in [-0.25, -0.2) is 13.1 Å². The van der Waals surface area contributed by atoms with Crippen LogP contribution in [0.3, 0.4) is 0 Å². The fourth-order valence-electron chi connectivity index (χ4n) is 3.28. The molecule has 0 atom stereocenters. The minimum Gasteiger partial charge on any atom is -0.359 e. The maximum absolute atomic E-state index is 12.3. The summed E-state index contributed by atoms with van der Waals surface area (Å²) in [5.41, 5.74) is 1.02. The van der Waals surface area contributed by atoms with Crippen molar-refractivity contribution in [3.8, 4) is 0 Å². The summed E-state index contributed by atoms with van der Waals surface area (Å²) >= 11 is 0. The van der Waals surface area contributed by atoms with Crippen LogP contribution >= 0.6 is 0 Å². The molecule has 0 bridgehead atoms. The Kier molecular flexibility index (Phi) is 8.91. The van der Waals surface area contributed by atoms with Gasteiger partial charge in [-0.15, -0.1) is 0 Å². The average molecular weight is 424 g/mol. The lowest BCUT2D eigenvalue weighted by atomic mass is 9.93. The molecule has 1 heterocycles. The van der Waals surface area contributed by atoms with E-state index < -0.39 is 10.0 Å². The van der Waals surface area contributed by atoms with Crippen LogP contribution in [0.2, 0.25) is 0 Å². The summed E-state index contributed by atoms with van der Waals surface area (Å²) in [6.45, 7) is 6.93. The van der Waals surface area contributed by atoms with Gasteiger partial charge < -0.3 is 15.5 Å². The predicted molar refractivity (Wildman–Crippen MR) is 115 cm³/mol. The van der Waals surface area contributed by atoms with Gasteiger partial charge in [0.2, 0.25) is 15.9 Å². The van der Waals surface area contributed by atoms with Gasteiger partial charge >= 0.3 is 0 Å². The Morgan fingerprint density at radius 1 is 1.21 bits per heavy atom. The summed E-state index contributed by atoms with van der Waals surface area (Å²) in [7, 11) is -1.86. The fourth-order valence-corrected chi connectivity index (χ4v) is 4.30. The van der Waals surface area contributed by atoms with E-state index in [4.69, 9.17) is 0 Å². The minimum atomic E-state index is -3.52. The zero-order chi connectivity index (χ0) is 21.3. The maximum atomic E-state index is 12.3. The summed E-state index contributed by atoms with van der Waals surface area (Å²) in [4.78, 5) is 18.6. The molecule has 2 rings (SSSR count). The first kappa shape index (κ1) is 23.2. The number of hydrogen-bond acceptors (Lipinski definition) is 4. The molecule has 1 aromatic carbocycles. The smallest absolute Gasteiger partial charge is 0.240 e. The Morgan fingerprint density at radius 3 is 2.45 bits per heavy atom. The normalized spacial score (nSPS) is 16.0. The summed E-state index contributed by atoms with van der Waals surface area (Å²) in [6, 6.07) is 6.77. The van der Waals surface area contributed by atoms with Crippen LogP contribution < -0.4 is 15.4 Å². The number of carbonyl (C=O) groups excluding carboxylic acids is 1. The molecule has 9 heteroatoms. The molecule has 0 spiro atoms. The molecule has 1 saturated heterocycles. The molecule has 0 aromatic heterocycles. The number of sulfonamides is 1. The molecule has 0 radical (unpaired) electrons. The second-order valence-electron chi connectivity index (χ2n) is 7.25. The fraction of sp³-hybridized carbons (Fsp3) is 0.600. The van der Waals surface area contributed by atoms with Crippen molar-refractivity contribution in [1.29, 1.82) is 0 Å². The highest BCUT2D eigenvalue weighted by Crippen LogP contribution is 2.20. The van der Waals surface area contributed by atoms with E-state index in [9.17, 15) is 13.2 Å². The number of piperidine rings is 1. The van der Waals surface area contributed by atoms with Crippen LogP contribution in [0, 0.1) is 12.8 Å². The van der Waals surface area contributed by atoms with Crippen LogP contribution in [-0.4, -0.2) is 65.0 Å². The molecular weight excluding hydrogens is 390 g/mol. The van der Waals surface area contributed by atoms with Crippen molar-refractivity contribution in [2.24, 2.45) is 10.9 Å². The van der Waals surface area contributed by atoms with E-state index in [1.54, 1.807) is 31.3 Å². The molecule has 1 aromatic rings. The van der Waals surface area contributed by atoms with E-state index in [0.717, 1.165) is 44.0 Å². The molecule has 1 fully saturated rings. The molecule has 0 unspecified atom stereocenters. The maximum Gasteiger partial charge on any atom is 0.240 e. The lowest BCUT2D eigenvalue weighted by Gasteiger charge is -2.34. The molecule has 29 heavy (non-hydrogen) atoms.